The standard InChI is InChI=1S/C14H20O2/c1-11(15)4-2-3-5-12-6-7-14-13(10-12)8-9-16-14/h6-7,10-11,15H,2-5,8-9H2,1H3. The van der Waals surface area contributed by atoms with E-state index in [9.17, 15) is 0 Å². The summed E-state index contributed by atoms with van der Waals surface area (Å²) >= 11 is 0. The van der Waals surface area contributed by atoms with Crippen LogP contribution in [0.1, 0.15) is 37.3 Å². The maximum atomic E-state index is 9.16. The molecule has 0 radical (unpaired) electrons. The van der Waals surface area contributed by atoms with Crippen LogP contribution in [0.3, 0.4) is 0 Å². The van der Waals surface area contributed by atoms with Crippen LogP contribution in [-0.4, -0.2) is 17.8 Å². The van der Waals surface area contributed by atoms with Crippen molar-refractivity contribution >= 4 is 0 Å². The van der Waals surface area contributed by atoms with Crippen molar-refractivity contribution in [2.24, 2.45) is 0 Å². The quantitative estimate of drug-likeness (QED) is 0.773. The van der Waals surface area contributed by atoms with Crippen molar-refractivity contribution in [1.29, 1.82) is 0 Å². The molecule has 0 aromatic heterocycles. The lowest BCUT2D eigenvalue weighted by molar-refractivity contribution is 0.180. The third-order valence-electron chi connectivity index (χ3n) is 3.09. The van der Waals surface area contributed by atoms with Crippen LogP contribution in [0.15, 0.2) is 18.2 Å². The summed E-state index contributed by atoms with van der Waals surface area (Å²) in [4.78, 5) is 0. The minimum Gasteiger partial charge on any atom is -0.493 e. The Balaban J connectivity index is 1.81. The van der Waals surface area contributed by atoms with E-state index in [2.05, 4.69) is 18.2 Å². The van der Waals surface area contributed by atoms with E-state index in [0.717, 1.165) is 44.5 Å². The Morgan fingerprint density at radius 3 is 3.06 bits per heavy atom. The molecular formula is C14H20O2. The van der Waals surface area contributed by atoms with Crippen LogP contribution in [-0.2, 0) is 12.8 Å². The summed E-state index contributed by atoms with van der Waals surface area (Å²) in [6.07, 6.45) is 5.18. The molecule has 0 amide bonds. The zero-order valence-electron chi connectivity index (χ0n) is 9.91. The highest BCUT2D eigenvalue weighted by Gasteiger charge is 2.11. The number of ether oxygens (including phenoxy) is 1. The molecule has 0 bridgehead atoms. The van der Waals surface area contributed by atoms with Crippen molar-refractivity contribution in [3.63, 3.8) is 0 Å². The van der Waals surface area contributed by atoms with Crippen LogP contribution >= 0.6 is 0 Å². The smallest absolute Gasteiger partial charge is 0.122 e. The van der Waals surface area contributed by atoms with Gasteiger partial charge < -0.3 is 9.84 Å². The minimum atomic E-state index is -0.159. The second-order valence-electron chi connectivity index (χ2n) is 4.64. The maximum absolute atomic E-state index is 9.16. The monoisotopic (exact) mass is 220 g/mol. The molecule has 0 aliphatic carbocycles. The van der Waals surface area contributed by atoms with Gasteiger partial charge in [0.05, 0.1) is 12.7 Å². The molecule has 1 N–H and O–H groups in total. The predicted octanol–water partition coefficient (Wildman–Crippen LogP) is 2.72. The number of aryl methyl sites for hydroxylation is 1. The van der Waals surface area contributed by atoms with E-state index >= 15 is 0 Å². The fourth-order valence-corrected chi connectivity index (χ4v) is 2.16. The van der Waals surface area contributed by atoms with Crippen molar-refractivity contribution < 1.29 is 9.84 Å². The Morgan fingerprint density at radius 1 is 1.38 bits per heavy atom. The molecule has 0 spiro atoms. The lowest BCUT2D eigenvalue weighted by Crippen LogP contribution is -1.99. The Bertz CT molecular complexity index is 345. The van der Waals surface area contributed by atoms with Gasteiger partial charge in [-0.3, -0.25) is 0 Å². The molecule has 1 heterocycles. The highest BCUT2D eigenvalue weighted by Crippen LogP contribution is 2.26. The first kappa shape index (κ1) is 11.5. The van der Waals surface area contributed by atoms with Crippen molar-refractivity contribution in [3.05, 3.63) is 29.3 Å². The second-order valence-corrected chi connectivity index (χ2v) is 4.64. The first-order valence-corrected chi connectivity index (χ1v) is 6.18. The molecule has 0 saturated heterocycles. The van der Waals surface area contributed by atoms with Crippen LogP contribution in [0.2, 0.25) is 0 Å². The summed E-state index contributed by atoms with van der Waals surface area (Å²) in [6.45, 7) is 2.69. The van der Waals surface area contributed by atoms with E-state index in [4.69, 9.17) is 9.84 Å². The summed E-state index contributed by atoms with van der Waals surface area (Å²) in [5.41, 5.74) is 2.75. The molecule has 2 rings (SSSR count). The number of aliphatic hydroxyl groups is 1. The molecule has 1 unspecified atom stereocenters. The molecule has 88 valence electrons. The van der Waals surface area contributed by atoms with E-state index in [-0.39, 0.29) is 6.10 Å². The zero-order chi connectivity index (χ0) is 11.4. The van der Waals surface area contributed by atoms with Gasteiger partial charge in [-0.15, -0.1) is 0 Å². The molecule has 1 aromatic carbocycles. The molecule has 16 heavy (non-hydrogen) atoms. The molecule has 1 aromatic rings. The summed E-state index contributed by atoms with van der Waals surface area (Å²) in [5, 5.41) is 9.16. The molecular weight excluding hydrogens is 200 g/mol. The number of benzene rings is 1. The fraction of sp³-hybridized carbons (Fsp3) is 0.571. The van der Waals surface area contributed by atoms with Gasteiger partial charge in [0, 0.05) is 6.42 Å². The molecule has 1 atom stereocenters. The number of unbranched alkanes of at least 4 members (excludes halogenated alkanes) is 1. The Morgan fingerprint density at radius 2 is 2.25 bits per heavy atom. The van der Waals surface area contributed by atoms with E-state index in [1.165, 1.54) is 11.1 Å². The highest BCUT2D eigenvalue weighted by atomic mass is 16.5. The van der Waals surface area contributed by atoms with Crippen LogP contribution in [0.25, 0.3) is 0 Å². The maximum Gasteiger partial charge on any atom is 0.122 e. The number of aliphatic hydroxyl groups excluding tert-OH is 1. The average Bonchev–Trinajstić information content (AvgIpc) is 2.71. The van der Waals surface area contributed by atoms with E-state index in [1.807, 2.05) is 6.92 Å². The zero-order valence-corrected chi connectivity index (χ0v) is 9.91. The van der Waals surface area contributed by atoms with Gasteiger partial charge in [0.1, 0.15) is 5.75 Å². The number of fused-ring (bicyclic) bond motifs is 1. The lowest BCUT2D eigenvalue weighted by Gasteiger charge is -2.05. The molecule has 0 saturated carbocycles. The SMILES string of the molecule is CC(O)CCCCc1ccc2c(c1)CCO2. The van der Waals surface area contributed by atoms with Gasteiger partial charge in [-0.1, -0.05) is 18.6 Å². The van der Waals surface area contributed by atoms with Gasteiger partial charge in [-0.25, -0.2) is 0 Å². The molecule has 0 fully saturated rings. The molecule has 1 aliphatic rings. The van der Waals surface area contributed by atoms with Crippen LogP contribution in [0, 0.1) is 0 Å². The Kier molecular flexibility index (Phi) is 3.83. The average molecular weight is 220 g/mol. The number of hydrogen-bond acceptors (Lipinski definition) is 2. The minimum absolute atomic E-state index is 0.159. The van der Waals surface area contributed by atoms with Crippen LogP contribution in [0.5, 0.6) is 5.75 Å². The summed E-state index contributed by atoms with van der Waals surface area (Å²) in [5.74, 6) is 1.06. The lowest BCUT2D eigenvalue weighted by atomic mass is 10.0. The molecule has 2 nitrogen and oxygen atoms in total. The van der Waals surface area contributed by atoms with E-state index in [0.29, 0.717) is 0 Å². The van der Waals surface area contributed by atoms with Gasteiger partial charge in [0.25, 0.3) is 0 Å². The van der Waals surface area contributed by atoms with E-state index < -0.39 is 0 Å². The third-order valence-corrected chi connectivity index (χ3v) is 3.09. The number of rotatable bonds is 5. The molecule has 1 aliphatic heterocycles. The topological polar surface area (TPSA) is 29.5 Å². The van der Waals surface area contributed by atoms with Crippen molar-refractivity contribution in [1.82, 2.24) is 0 Å². The third kappa shape index (κ3) is 2.99. The first-order valence-electron chi connectivity index (χ1n) is 6.18. The van der Waals surface area contributed by atoms with Gasteiger partial charge in [-0.2, -0.15) is 0 Å². The Hall–Kier alpha value is -1.02. The highest BCUT2D eigenvalue weighted by molar-refractivity contribution is 5.39. The summed E-state index contributed by atoms with van der Waals surface area (Å²) in [7, 11) is 0. The van der Waals surface area contributed by atoms with Crippen molar-refractivity contribution in [2.75, 3.05) is 6.61 Å². The van der Waals surface area contributed by atoms with Crippen LogP contribution < -0.4 is 4.74 Å². The van der Waals surface area contributed by atoms with Gasteiger partial charge in [0.15, 0.2) is 0 Å². The fourth-order valence-electron chi connectivity index (χ4n) is 2.16. The van der Waals surface area contributed by atoms with Crippen LogP contribution in [0.4, 0.5) is 0 Å². The largest absolute Gasteiger partial charge is 0.493 e. The van der Waals surface area contributed by atoms with Crippen molar-refractivity contribution in [2.45, 2.75) is 45.1 Å². The van der Waals surface area contributed by atoms with Crippen molar-refractivity contribution in [3.8, 4) is 5.75 Å². The van der Waals surface area contributed by atoms with Gasteiger partial charge >= 0.3 is 0 Å². The number of hydrogen-bond donors (Lipinski definition) is 1. The van der Waals surface area contributed by atoms with Gasteiger partial charge in [-0.05, 0) is 43.4 Å². The Labute approximate surface area is 97.3 Å². The predicted molar refractivity (Wildman–Crippen MR) is 64.9 cm³/mol. The summed E-state index contributed by atoms with van der Waals surface area (Å²) < 4.78 is 5.48. The normalized spacial score (nSPS) is 15.6. The second kappa shape index (κ2) is 5.35. The van der Waals surface area contributed by atoms with Gasteiger partial charge in [0.2, 0.25) is 0 Å². The van der Waals surface area contributed by atoms with E-state index in [1.54, 1.807) is 0 Å². The molecule has 2 heteroatoms. The summed E-state index contributed by atoms with van der Waals surface area (Å²) in [6, 6.07) is 6.52. The first-order chi connectivity index (χ1) is 7.75.